The van der Waals surface area contributed by atoms with Crippen molar-refractivity contribution in [2.45, 2.75) is 26.1 Å². The van der Waals surface area contributed by atoms with Crippen molar-refractivity contribution >= 4 is 5.97 Å². The van der Waals surface area contributed by atoms with Crippen LogP contribution in [0.25, 0.3) is 0 Å². The Morgan fingerprint density at radius 1 is 0.630 bits per heavy atom. The molecule has 0 radical (unpaired) electrons. The van der Waals surface area contributed by atoms with Gasteiger partial charge in [-0.15, -0.1) is 0 Å². The Morgan fingerprint density at radius 3 is 1.67 bits per heavy atom. The highest BCUT2D eigenvalue weighted by atomic mass is 16.6. The van der Waals surface area contributed by atoms with E-state index < -0.39 is 0 Å². The number of hydrogen-bond acceptors (Lipinski definition) is 5. The van der Waals surface area contributed by atoms with Gasteiger partial charge in [-0.25, -0.2) is 4.79 Å². The SMILES string of the molecule is O=C(COCCCOCc1ccccc1)OCCCOCc1ccccc1. The Kier molecular flexibility index (Phi) is 10.9. The van der Waals surface area contributed by atoms with Gasteiger partial charge in [-0.05, 0) is 17.5 Å². The Bertz CT molecular complexity index is 615. The molecule has 2 rings (SSSR count). The Balaban J connectivity index is 1.35. The predicted molar refractivity (Wildman–Crippen MR) is 103 cm³/mol. The Morgan fingerprint density at radius 2 is 1.11 bits per heavy atom. The lowest BCUT2D eigenvalue weighted by Gasteiger charge is -2.07. The maximum Gasteiger partial charge on any atom is 0.332 e. The summed E-state index contributed by atoms with van der Waals surface area (Å²) in [5.41, 5.74) is 2.28. The van der Waals surface area contributed by atoms with E-state index in [0.717, 1.165) is 17.5 Å². The summed E-state index contributed by atoms with van der Waals surface area (Å²) in [6.07, 6.45) is 1.42. The summed E-state index contributed by atoms with van der Waals surface area (Å²) in [6, 6.07) is 20.0. The minimum absolute atomic E-state index is 0.0242. The average molecular weight is 372 g/mol. The summed E-state index contributed by atoms with van der Waals surface area (Å²) in [4.78, 5) is 11.6. The fourth-order valence-electron chi connectivity index (χ4n) is 2.34. The van der Waals surface area contributed by atoms with Crippen LogP contribution in [0.15, 0.2) is 60.7 Å². The molecule has 0 aliphatic rings. The highest BCUT2D eigenvalue weighted by Crippen LogP contribution is 2.02. The fourth-order valence-corrected chi connectivity index (χ4v) is 2.34. The molecule has 0 saturated carbocycles. The van der Waals surface area contributed by atoms with Crippen molar-refractivity contribution in [1.82, 2.24) is 0 Å². The fraction of sp³-hybridized carbons (Fsp3) is 0.409. The molecule has 0 aliphatic heterocycles. The van der Waals surface area contributed by atoms with Crippen molar-refractivity contribution in [3.05, 3.63) is 71.8 Å². The molecule has 0 N–H and O–H groups in total. The second-order valence-corrected chi connectivity index (χ2v) is 6.06. The zero-order chi connectivity index (χ0) is 19.0. The standard InChI is InChI=1S/C22H28O5/c23-22(27-16-8-15-25-18-21-11-5-2-6-12-21)19-26-14-7-13-24-17-20-9-3-1-4-10-20/h1-6,9-12H,7-8,13-19H2. The third kappa shape index (κ3) is 10.5. The van der Waals surface area contributed by atoms with Gasteiger partial charge in [0.25, 0.3) is 0 Å². The summed E-state index contributed by atoms with van der Waals surface area (Å²) in [6.45, 7) is 3.12. The zero-order valence-electron chi connectivity index (χ0n) is 15.7. The molecule has 0 spiro atoms. The highest BCUT2D eigenvalue weighted by molar-refractivity contribution is 5.70. The zero-order valence-corrected chi connectivity index (χ0v) is 15.7. The number of ether oxygens (including phenoxy) is 4. The second-order valence-electron chi connectivity index (χ2n) is 6.06. The maximum atomic E-state index is 11.6. The number of benzene rings is 2. The lowest BCUT2D eigenvalue weighted by Crippen LogP contribution is -2.15. The van der Waals surface area contributed by atoms with Gasteiger partial charge in [0.15, 0.2) is 0 Å². The lowest BCUT2D eigenvalue weighted by molar-refractivity contribution is -0.149. The van der Waals surface area contributed by atoms with Crippen LogP contribution in [-0.4, -0.2) is 39.0 Å². The first-order chi connectivity index (χ1) is 13.3. The smallest absolute Gasteiger partial charge is 0.332 e. The van der Waals surface area contributed by atoms with Gasteiger partial charge in [0.05, 0.1) is 26.4 Å². The average Bonchev–Trinajstić information content (AvgIpc) is 2.71. The summed E-state index contributed by atoms with van der Waals surface area (Å²) in [5, 5.41) is 0. The molecule has 5 nitrogen and oxygen atoms in total. The topological polar surface area (TPSA) is 54.0 Å². The van der Waals surface area contributed by atoms with Crippen LogP contribution in [-0.2, 0) is 37.0 Å². The first-order valence-corrected chi connectivity index (χ1v) is 9.31. The van der Waals surface area contributed by atoms with E-state index >= 15 is 0 Å². The van der Waals surface area contributed by atoms with Crippen molar-refractivity contribution in [1.29, 1.82) is 0 Å². The van der Waals surface area contributed by atoms with Crippen molar-refractivity contribution in [2.24, 2.45) is 0 Å². The molecule has 27 heavy (non-hydrogen) atoms. The molecule has 0 fully saturated rings. The van der Waals surface area contributed by atoms with Gasteiger partial charge in [0, 0.05) is 19.6 Å². The van der Waals surface area contributed by atoms with Crippen LogP contribution in [0.5, 0.6) is 0 Å². The number of rotatable bonds is 14. The molecule has 0 bridgehead atoms. The largest absolute Gasteiger partial charge is 0.464 e. The van der Waals surface area contributed by atoms with Gasteiger partial charge in [-0.3, -0.25) is 0 Å². The molecule has 0 heterocycles. The quantitative estimate of drug-likeness (QED) is 0.373. The van der Waals surface area contributed by atoms with Gasteiger partial charge in [0.2, 0.25) is 0 Å². The van der Waals surface area contributed by atoms with Crippen LogP contribution in [0.1, 0.15) is 24.0 Å². The molecule has 5 heteroatoms. The van der Waals surface area contributed by atoms with Gasteiger partial charge >= 0.3 is 5.97 Å². The number of hydrogen-bond donors (Lipinski definition) is 0. The third-order valence-electron chi connectivity index (χ3n) is 3.72. The van der Waals surface area contributed by atoms with E-state index in [0.29, 0.717) is 46.1 Å². The summed E-state index contributed by atoms with van der Waals surface area (Å²) < 4.78 is 21.5. The van der Waals surface area contributed by atoms with Gasteiger partial charge in [-0.2, -0.15) is 0 Å². The summed E-state index contributed by atoms with van der Waals surface area (Å²) >= 11 is 0. The van der Waals surface area contributed by atoms with Gasteiger partial charge in [0.1, 0.15) is 6.61 Å². The maximum absolute atomic E-state index is 11.6. The molecular formula is C22H28O5. The second kappa shape index (κ2) is 13.9. The third-order valence-corrected chi connectivity index (χ3v) is 3.72. The predicted octanol–water partition coefficient (Wildman–Crippen LogP) is 3.76. The van der Waals surface area contributed by atoms with Crippen molar-refractivity contribution in [3.8, 4) is 0 Å². The van der Waals surface area contributed by atoms with Crippen LogP contribution >= 0.6 is 0 Å². The molecular weight excluding hydrogens is 344 g/mol. The van der Waals surface area contributed by atoms with Crippen LogP contribution < -0.4 is 0 Å². The van der Waals surface area contributed by atoms with E-state index in [1.165, 1.54) is 0 Å². The van der Waals surface area contributed by atoms with Crippen LogP contribution in [0, 0.1) is 0 Å². The van der Waals surface area contributed by atoms with Crippen LogP contribution in [0.3, 0.4) is 0 Å². The van der Waals surface area contributed by atoms with Crippen molar-refractivity contribution in [3.63, 3.8) is 0 Å². The molecule has 0 unspecified atom stereocenters. The van der Waals surface area contributed by atoms with Gasteiger partial charge in [-0.1, -0.05) is 60.7 Å². The van der Waals surface area contributed by atoms with Crippen LogP contribution in [0.4, 0.5) is 0 Å². The molecule has 0 saturated heterocycles. The van der Waals surface area contributed by atoms with Gasteiger partial charge < -0.3 is 18.9 Å². The van der Waals surface area contributed by atoms with Crippen molar-refractivity contribution in [2.75, 3.05) is 33.0 Å². The number of esters is 1. The normalized spacial score (nSPS) is 10.7. The molecule has 0 amide bonds. The van der Waals surface area contributed by atoms with E-state index in [2.05, 4.69) is 0 Å². The Labute approximate surface area is 161 Å². The Hall–Kier alpha value is -2.21. The summed E-state index contributed by atoms with van der Waals surface area (Å²) in [5.74, 6) is -0.344. The van der Waals surface area contributed by atoms with E-state index in [-0.39, 0.29) is 12.6 Å². The number of carbonyl (C=O) groups excluding carboxylic acids is 1. The minimum atomic E-state index is -0.344. The molecule has 2 aromatic rings. The minimum Gasteiger partial charge on any atom is -0.464 e. The lowest BCUT2D eigenvalue weighted by atomic mass is 10.2. The van der Waals surface area contributed by atoms with E-state index in [1.807, 2.05) is 60.7 Å². The van der Waals surface area contributed by atoms with E-state index in [9.17, 15) is 4.79 Å². The first kappa shape index (κ1) is 21.1. The summed E-state index contributed by atoms with van der Waals surface area (Å²) in [7, 11) is 0. The number of carbonyl (C=O) groups is 1. The molecule has 146 valence electrons. The van der Waals surface area contributed by atoms with Crippen molar-refractivity contribution < 1.29 is 23.7 Å². The highest BCUT2D eigenvalue weighted by Gasteiger charge is 2.03. The van der Waals surface area contributed by atoms with Crippen LogP contribution in [0.2, 0.25) is 0 Å². The molecule has 2 aromatic carbocycles. The molecule has 0 aromatic heterocycles. The first-order valence-electron chi connectivity index (χ1n) is 9.31. The van der Waals surface area contributed by atoms with E-state index in [1.54, 1.807) is 0 Å². The molecule has 0 aliphatic carbocycles. The molecule has 0 atom stereocenters. The monoisotopic (exact) mass is 372 g/mol. The van der Waals surface area contributed by atoms with E-state index in [4.69, 9.17) is 18.9 Å².